The number of hydrogen-bond acceptors (Lipinski definition) is 6. The van der Waals surface area contributed by atoms with Crippen LogP contribution in [0.15, 0.2) is 34.2 Å². The van der Waals surface area contributed by atoms with Gasteiger partial charge in [-0.15, -0.1) is 0 Å². The van der Waals surface area contributed by atoms with Gasteiger partial charge in [0.25, 0.3) is 15.9 Å². The van der Waals surface area contributed by atoms with E-state index in [1.54, 1.807) is 37.1 Å². The zero-order valence-corrected chi connectivity index (χ0v) is 16.9. The molecule has 0 unspecified atom stereocenters. The third-order valence-corrected chi connectivity index (χ3v) is 6.55. The Hall–Kier alpha value is -2.42. The average Bonchev–Trinajstić information content (AvgIpc) is 2.96. The van der Waals surface area contributed by atoms with E-state index in [9.17, 15) is 18.0 Å². The van der Waals surface area contributed by atoms with E-state index in [1.165, 1.54) is 12.5 Å². The zero-order valence-electron chi connectivity index (χ0n) is 16.1. The lowest BCUT2D eigenvalue weighted by molar-refractivity contribution is -0.158. The lowest BCUT2D eigenvalue weighted by Gasteiger charge is -2.32. The predicted octanol–water partition coefficient (Wildman–Crippen LogP) is 1.45. The van der Waals surface area contributed by atoms with Gasteiger partial charge in [0.2, 0.25) is 0 Å². The maximum Gasteiger partial charge on any atom is 0.328 e. The number of amides is 1. The van der Waals surface area contributed by atoms with Gasteiger partial charge in [-0.25, -0.2) is 8.42 Å². The highest BCUT2D eigenvalue weighted by Crippen LogP contribution is 2.23. The molecule has 0 bridgehead atoms. The fourth-order valence-electron chi connectivity index (χ4n) is 3.61. The molecule has 0 saturated heterocycles. The van der Waals surface area contributed by atoms with Crippen molar-refractivity contribution >= 4 is 27.7 Å². The lowest BCUT2D eigenvalue weighted by Crippen LogP contribution is -2.44. The molecule has 1 aromatic carbocycles. The minimum absolute atomic E-state index is 0.103. The normalized spacial score (nSPS) is 20.9. The van der Waals surface area contributed by atoms with Gasteiger partial charge in [0, 0.05) is 18.7 Å². The van der Waals surface area contributed by atoms with Crippen molar-refractivity contribution in [1.82, 2.24) is 9.62 Å². The number of likely N-dealkylation sites (N-methyl/N-ethyl adjacent to an activating group) is 1. The van der Waals surface area contributed by atoms with Gasteiger partial charge < -0.3 is 9.64 Å². The van der Waals surface area contributed by atoms with Crippen LogP contribution in [0.2, 0.25) is 0 Å². The van der Waals surface area contributed by atoms with Crippen LogP contribution in [0.4, 0.5) is 0 Å². The fourth-order valence-corrected chi connectivity index (χ4v) is 4.87. The number of rotatable bonds is 5. The van der Waals surface area contributed by atoms with Crippen LogP contribution in [-0.2, 0) is 24.3 Å². The number of ether oxygens (including phenoxy) is 1. The highest BCUT2D eigenvalue weighted by atomic mass is 32.2. The first-order valence-corrected chi connectivity index (χ1v) is 10.9. The highest BCUT2D eigenvalue weighted by Gasteiger charge is 2.31. The molecule has 1 atom stereocenters. The average molecular weight is 407 g/mol. The van der Waals surface area contributed by atoms with Gasteiger partial charge in [-0.2, -0.15) is 0 Å². The number of carbonyl (C=O) groups excluding carboxylic acids is 2. The molecule has 152 valence electrons. The van der Waals surface area contributed by atoms with Crippen LogP contribution in [0.1, 0.15) is 44.6 Å². The van der Waals surface area contributed by atoms with Crippen LogP contribution in [-0.4, -0.2) is 56.8 Å². The second kappa shape index (κ2) is 8.30. The van der Waals surface area contributed by atoms with Crippen molar-refractivity contribution in [3.05, 3.63) is 29.8 Å². The van der Waals surface area contributed by atoms with E-state index in [-0.39, 0.29) is 29.2 Å². The van der Waals surface area contributed by atoms with Crippen molar-refractivity contribution in [3.8, 4) is 0 Å². The van der Waals surface area contributed by atoms with Crippen molar-refractivity contribution in [2.45, 2.75) is 56.1 Å². The molecule has 2 aliphatic rings. The Balaban J connectivity index is 1.58. The molecule has 1 aliphatic heterocycles. The summed E-state index contributed by atoms with van der Waals surface area (Å²) in [5.41, 5.74) is 0.413. The number of hydrogen-bond donors (Lipinski definition) is 1. The second-order valence-corrected chi connectivity index (χ2v) is 8.79. The van der Waals surface area contributed by atoms with Crippen molar-refractivity contribution in [1.29, 1.82) is 0 Å². The van der Waals surface area contributed by atoms with Crippen LogP contribution in [0.3, 0.4) is 0 Å². The number of aliphatic imine (C=N–C) groups is 1. The molecule has 8 nitrogen and oxygen atoms in total. The summed E-state index contributed by atoms with van der Waals surface area (Å²) in [6, 6.07) is 6.58. The maximum absolute atomic E-state index is 12.5. The van der Waals surface area contributed by atoms with Crippen LogP contribution >= 0.6 is 0 Å². The van der Waals surface area contributed by atoms with Crippen LogP contribution < -0.4 is 4.72 Å². The Kier molecular flexibility index (Phi) is 6.02. The number of esters is 1. The standard InChI is InChI=1S/C19H25N3O5S/c1-13(19(24)22(2)14-8-4-3-5-9-14)27-17(23)12-20-18-15-10-6-7-11-16(15)28(25,26)21-18/h6-7,10-11,13-14H,3-5,8-9,12H2,1-2H3,(H,20,21)/t13-/m1/s1. The third kappa shape index (κ3) is 4.35. The molecule has 1 fully saturated rings. The van der Waals surface area contributed by atoms with E-state index < -0.39 is 22.1 Å². The van der Waals surface area contributed by atoms with Gasteiger partial charge in [0.15, 0.2) is 6.10 Å². The van der Waals surface area contributed by atoms with Gasteiger partial charge in [-0.3, -0.25) is 19.3 Å². The smallest absolute Gasteiger partial charge is 0.328 e. The molecule has 9 heteroatoms. The van der Waals surface area contributed by atoms with Gasteiger partial charge in [-0.05, 0) is 31.9 Å². The minimum Gasteiger partial charge on any atom is -0.451 e. The molecule has 28 heavy (non-hydrogen) atoms. The van der Waals surface area contributed by atoms with Crippen LogP contribution in [0.25, 0.3) is 0 Å². The van der Waals surface area contributed by atoms with Gasteiger partial charge in [-0.1, -0.05) is 31.4 Å². The maximum atomic E-state index is 12.5. The molecular weight excluding hydrogens is 382 g/mol. The molecule has 0 aromatic heterocycles. The summed E-state index contributed by atoms with van der Waals surface area (Å²) in [6.45, 7) is 1.16. The fraction of sp³-hybridized carbons (Fsp3) is 0.526. The second-order valence-electron chi connectivity index (χ2n) is 7.14. The first-order valence-electron chi connectivity index (χ1n) is 9.42. The molecule has 1 aliphatic carbocycles. The molecule has 1 N–H and O–H groups in total. The van der Waals surface area contributed by atoms with Crippen molar-refractivity contribution in [3.63, 3.8) is 0 Å². The minimum atomic E-state index is -3.66. The number of carbonyl (C=O) groups is 2. The predicted molar refractivity (Wildman–Crippen MR) is 103 cm³/mol. The monoisotopic (exact) mass is 407 g/mol. The summed E-state index contributed by atoms with van der Waals surface area (Å²) in [7, 11) is -1.91. The highest BCUT2D eigenvalue weighted by molar-refractivity contribution is 7.90. The summed E-state index contributed by atoms with van der Waals surface area (Å²) in [5, 5.41) is 0. The zero-order chi connectivity index (χ0) is 20.3. The van der Waals surface area contributed by atoms with E-state index in [2.05, 4.69) is 9.71 Å². The molecule has 1 heterocycles. The summed E-state index contributed by atoms with van der Waals surface area (Å²) in [6.07, 6.45) is 4.42. The first-order chi connectivity index (χ1) is 13.3. The van der Waals surface area contributed by atoms with E-state index in [0.717, 1.165) is 25.7 Å². The van der Waals surface area contributed by atoms with Crippen LogP contribution in [0.5, 0.6) is 0 Å². The number of nitrogens with zero attached hydrogens (tertiary/aromatic N) is 2. The Bertz CT molecular complexity index is 891. The summed E-state index contributed by atoms with van der Waals surface area (Å²) < 4.78 is 31.6. The van der Waals surface area contributed by atoms with Gasteiger partial charge in [0.1, 0.15) is 12.4 Å². The SMILES string of the molecule is C[C@@H](OC(=O)CN=C1NS(=O)(=O)c2ccccc21)C(=O)N(C)C1CCCCC1. The van der Waals surface area contributed by atoms with E-state index in [4.69, 9.17) is 4.74 Å². The number of sulfonamides is 1. The summed E-state index contributed by atoms with van der Waals surface area (Å²) in [5.74, 6) is -0.820. The van der Waals surface area contributed by atoms with E-state index >= 15 is 0 Å². The van der Waals surface area contributed by atoms with Crippen molar-refractivity contribution in [2.75, 3.05) is 13.6 Å². The molecule has 1 saturated carbocycles. The molecule has 0 radical (unpaired) electrons. The largest absolute Gasteiger partial charge is 0.451 e. The Labute approximate surface area is 165 Å². The van der Waals surface area contributed by atoms with Crippen molar-refractivity contribution in [2.24, 2.45) is 4.99 Å². The number of amidine groups is 1. The van der Waals surface area contributed by atoms with Gasteiger partial charge >= 0.3 is 5.97 Å². The number of fused-ring (bicyclic) bond motifs is 1. The summed E-state index contributed by atoms with van der Waals surface area (Å²) in [4.78, 5) is 30.4. The molecule has 1 aromatic rings. The number of benzene rings is 1. The molecular formula is C19H25N3O5S. The van der Waals surface area contributed by atoms with E-state index in [1.807, 2.05) is 0 Å². The van der Waals surface area contributed by atoms with Crippen molar-refractivity contribution < 1.29 is 22.7 Å². The first kappa shape index (κ1) is 20.3. The van der Waals surface area contributed by atoms with Crippen LogP contribution in [0, 0.1) is 0 Å². The van der Waals surface area contributed by atoms with E-state index in [0.29, 0.717) is 5.56 Å². The lowest BCUT2D eigenvalue weighted by atomic mass is 9.94. The number of nitrogens with one attached hydrogen (secondary N) is 1. The summed E-state index contributed by atoms with van der Waals surface area (Å²) >= 11 is 0. The molecule has 1 amide bonds. The Morgan fingerprint density at radius 2 is 1.93 bits per heavy atom. The topological polar surface area (TPSA) is 105 Å². The quantitative estimate of drug-likeness (QED) is 0.744. The van der Waals surface area contributed by atoms with Gasteiger partial charge in [0.05, 0.1) is 4.90 Å². The Morgan fingerprint density at radius 3 is 2.64 bits per heavy atom. The molecule has 0 spiro atoms. The molecule has 3 rings (SSSR count). The Morgan fingerprint density at radius 1 is 1.25 bits per heavy atom. The third-order valence-electron chi connectivity index (χ3n) is 5.16.